The molecule has 5 rings (SSSR count). The van der Waals surface area contributed by atoms with Gasteiger partial charge in [0.25, 0.3) is 0 Å². The number of rotatable bonds is 6. The van der Waals surface area contributed by atoms with Gasteiger partial charge in [-0.05, 0) is 24.3 Å². The van der Waals surface area contributed by atoms with Crippen molar-refractivity contribution < 1.29 is 18.5 Å². The van der Waals surface area contributed by atoms with E-state index in [2.05, 4.69) is 5.10 Å². The summed E-state index contributed by atoms with van der Waals surface area (Å²) in [4.78, 5) is 14.5. The summed E-state index contributed by atoms with van der Waals surface area (Å²) in [5.41, 5.74) is 1.75. The highest BCUT2D eigenvalue weighted by molar-refractivity contribution is 7.84. The molecule has 2 aliphatic rings. The van der Waals surface area contributed by atoms with Crippen LogP contribution < -0.4 is 0 Å². The third-order valence-corrected chi connectivity index (χ3v) is 7.16. The van der Waals surface area contributed by atoms with Gasteiger partial charge in [-0.1, -0.05) is 18.2 Å². The molecular formula is C23H26N4O4S. The SMILES string of the molecule is O=C(C[S@](=O)Cc1cnn(-c2ccccc2)c1-n1cccc1)N1CCC2(CC1)OCCO2. The van der Waals surface area contributed by atoms with E-state index in [9.17, 15) is 9.00 Å². The highest BCUT2D eigenvalue weighted by Crippen LogP contribution is 2.31. The standard InChI is InChI=1S/C23H26N4O4S/c28-21(25-12-8-23(9-13-25)30-14-15-31-23)18-32(29)17-19-16-24-27(20-6-2-1-3-7-20)22(19)26-10-4-5-11-26/h1-7,10-11,16H,8-9,12-15,17-18H2/t32-/m1/s1. The van der Waals surface area contributed by atoms with Gasteiger partial charge in [0.05, 0.1) is 30.9 Å². The van der Waals surface area contributed by atoms with Crippen LogP contribution in [0.4, 0.5) is 0 Å². The molecule has 0 N–H and O–H groups in total. The van der Waals surface area contributed by atoms with Crippen LogP contribution in [0.5, 0.6) is 0 Å². The summed E-state index contributed by atoms with van der Waals surface area (Å²) in [7, 11) is -1.35. The first-order chi connectivity index (χ1) is 15.6. The molecule has 32 heavy (non-hydrogen) atoms. The highest BCUT2D eigenvalue weighted by Gasteiger charge is 2.40. The Bertz CT molecular complexity index is 1080. The number of para-hydroxylation sites is 1. The second-order valence-electron chi connectivity index (χ2n) is 8.05. The maximum Gasteiger partial charge on any atom is 0.235 e. The quantitative estimate of drug-likeness (QED) is 0.571. The molecule has 1 aromatic carbocycles. The topological polar surface area (TPSA) is 78.6 Å². The number of carbonyl (C=O) groups is 1. The summed E-state index contributed by atoms with van der Waals surface area (Å²) < 4.78 is 28.2. The largest absolute Gasteiger partial charge is 0.347 e. The monoisotopic (exact) mass is 454 g/mol. The Morgan fingerprint density at radius 3 is 2.41 bits per heavy atom. The van der Waals surface area contributed by atoms with Crippen molar-refractivity contribution in [2.24, 2.45) is 0 Å². The van der Waals surface area contributed by atoms with Crippen molar-refractivity contribution in [2.45, 2.75) is 24.4 Å². The molecule has 4 heterocycles. The van der Waals surface area contributed by atoms with E-state index < -0.39 is 16.6 Å². The minimum Gasteiger partial charge on any atom is -0.347 e. The highest BCUT2D eigenvalue weighted by atomic mass is 32.2. The summed E-state index contributed by atoms with van der Waals surface area (Å²) in [6.07, 6.45) is 6.93. The van der Waals surface area contributed by atoms with E-state index in [0.717, 1.165) is 17.1 Å². The molecule has 0 radical (unpaired) electrons. The van der Waals surface area contributed by atoms with Crippen LogP contribution in [0, 0.1) is 0 Å². The number of carbonyl (C=O) groups excluding carboxylic acids is 1. The van der Waals surface area contributed by atoms with Crippen LogP contribution in [0.25, 0.3) is 11.5 Å². The zero-order valence-corrected chi connectivity index (χ0v) is 18.6. The molecule has 3 aromatic rings. The molecule has 2 aromatic heterocycles. The first-order valence-electron chi connectivity index (χ1n) is 10.8. The molecule has 2 fully saturated rings. The van der Waals surface area contributed by atoms with Crippen LogP contribution in [0.3, 0.4) is 0 Å². The van der Waals surface area contributed by atoms with Crippen LogP contribution in [-0.4, -0.2) is 67.2 Å². The Kier molecular flexibility index (Phi) is 5.95. The molecule has 2 aliphatic heterocycles. The maximum atomic E-state index is 13.0. The third kappa shape index (κ3) is 4.28. The average molecular weight is 455 g/mol. The fourth-order valence-electron chi connectivity index (χ4n) is 4.32. The van der Waals surface area contributed by atoms with E-state index in [1.54, 1.807) is 11.1 Å². The Labute approximate surface area is 189 Å². The van der Waals surface area contributed by atoms with Crippen LogP contribution in [0.15, 0.2) is 61.1 Å². The molecule has 0 saturated carbocycles. The van der Waals surface area contributed by atoms with E-state index in [1.165, 1.54) is 0 Å². The van der Waals surface area contributed by atoms with Gasteiger partial charge in [0.15, 0.2) is 5.79 Å². The number of nitrogens with zero attached hydrogens (tertiary/aromatic N) is 4. The fourth-order valence-corrected chi connectivity index (χ4v) is 5.43. The Morgan fingerprint density at radius 2 is 1.72 bits per heavy atom. The number of aromatic nitrogens is 3. The van der Waals surface area contributed by atoms with E-state index in [4.69, 9.17) is 9.47 Å². The average Bonchev–Trinajstić information content (AvgIpc) is 3.56. The molecular weight excluding hydrogens is 428 g/mol. The maximum absolute atomic E-state index is 13.0. The number of hydrogen-bond acceptors (Lipinski definition) is 5. The summed E-state index contributed by atoms with van der Waals surface area (Å²) in [6, 6.07) is 13.7. The van der Waals surface area contributed by atoms with E-state index in [1.807, 2.05) is 64.1 Å². The van der Waals surface area contributed by atoms with E-state index in [-0.39, 0.29) is 17.4 Å². The lowest BCUT2D eigenvalue weighted by molar-refractivity contribution is -0.186. The van der Waals surface area contributed by atoms with Gasteiger partial charge in [0, 0.05) is 54.7 Å². The molecule has 0 bridgehead atoms. The van der Waals surface area contributed by atoms with Gasteiger partial charge in [0.1, 0.15) is 11.6 Å². The first kappa shape index (κ1) is 21.1. The number of likely N-dealkylation sites (tertiary alicyclic amines) is 1. The molecule has 1 amide bonds. The van der Waals surface area contributed by atoms with Crippen molar-refractivity contribution in [2.75, 3.05) is 32.1 Å². The van der Waals surface area contributed by atoms with Gasteiger partial charge < -0.3 is 18.9 Å². The smallest absolute Gasteiger partial charge is 0.235 e. The van der Waals surface area contributed by atoms with Gasteiger partial charge >= 0.3 is 0 Å². The summed E-state index contributed by atoms with van der Waals surface area (Å²) in [5, 5.41) is 4.54. The zero-order chi connectivity index (χ0) is 22.0. The van der Waals surface area contributed by atoms with Gasteiger partial charge in [-0.25, -0.2) is 4.68 Å². The molecule has 168 valence electrons. The van der Waals surface area contributed by atoms with Gasteiger partial charge in [-0.15, -0.1) is 0 Å². The number of amides is 1. The van der Waals surface area contributed by atoms with Crippen molar-refractivity contribution in [3.63, 3.8) is 0 Å². The fraction of sp³-hybridized carbons (Fsp3) is 0.391. The van der Waals surface area contributed by atoms with Crippen molar-refractivity contribution in [3.05, 3.63) is 66.6 Å². The second kappa shape index (κ2) is 9.01. The van der Waals surface area contributed by atoms with Gasteiger partial charge in [-0.3, -0.25) is 9.00 Å². The molecule has 0 aliphatic carbocycles. The van der Waals surface area contributed by atoms with E-state index >= 15 is 0 Å². The minimum absolute atomic E-state index is 0.00362. The first-order valence-corrected chi connectivity index (χ1v) is 12.3. The van der Waals surface area contributed by atoms with E-state index in [0.29, 0.717) is 39.1 Å². The molecule has 8 nitrogen and oxygen atoms in total. The molecule has 9 heteroatoms. The van der Waals surface area contributed by atoms with Crippen molar-refractivity contribution in [1.29, 1.82) is 0 Å². The molecule has 1 atom stereocenters. The lowest BCUT2D eigenvalue weighted by Gasteiger charge is -2.37. The molecule has 0 unspecified atom stereocenters. The van der Waals surface area contributed by atoms with Crippen LogP contribution in [-0.2, 0) is 30.8 Å². The number of ether oxygens (including phenoxy) is 2. The van der Waals surface area contributed by atoms with Crippen LogP contribution in [0.2, 0.25) is 0 Å². The summed E-state index contributed by atoms with van der Waals surface area (Å²) in [5.74, 6) is 0.478. The third-order valence-electron chi connectivity index (χ3n) is 5.96. The predicted molar refractivity (Wildman–Crippen MR) is 120 cm³/mol. The number of piperidine rings is 1. The van der Waals surface area contributed by atoms with Gasteiger partial charge in [0.2, 0.25) is 5.91 Å². The summed E-state index contributed by atoms with van der Waals surface area (Å²) >= 11 is 0. The normalized spacial score (nSPS) is 18.8. The Hall–Kier alpha value is -2.75. The number of benzene rings is 1. The van der Waals surface area contributed by atoms with Crippen molar-refractivity contribution in [3.8, 4) is 11.5 Å². The lowest BCUT2D eigenvalue weighted by Crippen LogP contribution is -2.48. The second-order valence-corrected chi connectivity index (χ2v) is 9.50. The minimum atomic E-state index is -1.35. The van der Waals surface area contributed by atoms with Gasteiger partial charge in [-0.2, -0.15) is 5.10 Å². The van der Waals surface area contributed by atoms with Crippen LogP contribution in [0.1, 0.15) is 18.4 Å². The Morgan fingerprint density at radius 1 is 1.03 bits per heavy atom. The number of hydrogen-bond donors (Lipinski definition) is 0. The lowest BCUT2D eigenvalue weighted by atomic mass is 10.0. The Balaban J connectivity index is 1.27. The van der Waals surface area contributed by atoms with Crippen molar-refractivity contribution in [1.82, 2.24) is 19.2 Å². The zero-order valence-electron chi connectivity index (χ0n) is 17.8. The molecule has 1 spiro atoms. The molecule has 2 saturated heterocycles. The predicted octanol–water partition coefficient (Wildman–Crippen LogP) is 2.28. The van der Waals surface area contributed by atoms with Crippen molar-refractivity contribution >= 4 is 16.7 Å². The summed E-state index contributed by atoms with van der Waals surface area (Å²) in [6.45, 7) is 2.35. The van der Waals surface area contributed by atoms with Crippen LogP contribution >= 0.6 is 0 Å².